The summed E-state index contributed by atoms with van der Waals surface area (Å²) in [6.45, 7) is 10.6. The highest BCUT2D eigenvalue weighted by atomic mass is 16.4. The van der Waals surface area contributed by atoms with Crippen molar-refractivity contribution in [3.63, 3.8) is 0 Å². The normalized spacial score (nSPS) is 11.5. The molecule has 0 atom stereocenters. The molecule has 0 radical (unpaired) electrons. The van der Waals surface area contributed by atoms with E-state index in [1.54, 1.807) is 12.1 Å². The van der Waals surface area contributed by atoms with E-state index in [9.17, 15) is 4.79 Å². The average molecular weight is 264 g/mol. The molecule has 0 fully saturated rings. The molecule has 0 saturated heterocycles. The number of carboxylic acid groups (broad SMARTS) is 1. The molecule has 0 aliphatic carbocycles. The third-order valence-electron chi connectivity index (χ3n) is 3.47. The lowest BCUT2D eigenvalue weighted by Gasteiger charge is -2.25. The highest BCUT2D eigenvalue weighted by Gasteiger charge is 2.16. The molecular formula is C15H24N2O2. The lowest BCUT2D eigenvalue weighted by molar-refractivity contribution is 0.0696. The Morgan fingerprint density at radius 3 is 2.32 bits per heavy atom. The summed E-state index contributed by atoms with van der Waals surface area (Å²) in [5.41, 5.74) is 1.10. The zero-order chi connectivity index (χ0) is 14.4. The molecule has 4 heteroatoms. The van der Waals surface area contributed by atoms with Gasteiger partial charge in [-0.05, 0) is 36.4 Å². The Balaban J connectivity index is 2.46. The molecule has 0 aliphatic rings. The molecule has 1 rings (SSSR count). The summed E-state index contributed by atoms with van der Waals surface area (Å²) in [4.78, 5) is 14.9. The van der Waals surface area contributed by atoms with Crippen LogP contribution in [0.5, 0.6) is 0 Å². The van der Waals surface area contributed by atoms with Gasteiger partial charge in [-0.3, -0.25) is 4.98 Å². The van der Waals surface area contributed by atoms with Gasteiger partial charge >= 0.3 is 5.97 Å². The number of aromatic nitrogens is 1. The predicted molar refractivity (Wildman–Crippen MR) is 76.1 cm³/mol. The van der Waals surface area contributed by atoms with Crippen molar-refractivity contribution < 1.29 is 9.90 Å². The summed E-state index contributed by atoms with van der Waals surface area (Å²) >= 11 is 0. The number of pyridine rings is 1. The first-order chi connectivity index (χ1) is 8.91. The fraction of sp³-hybridized carbons (Fsp3) is 0.600. The first-order valence-corrected chi connectivity index (χ1v) is 6.80. The van der Waals surface area contributed by atoms with Crippen molar-refractivity contribution in [2.45, 2.75) is 34.2 Å². The second-order valence-electron chi connectivity index (χ2n) is 5.63. The second kappa shape index (κ2) is 7.24. The molecule has 2 N–H and O–H groups in total. The van der Waals surface area contributed by atoms with E-state index in [2.05, 4.69) is 38.0 Å². The zero-order valence-electron chi connectivity index (χ0n) is 12.2. The van der Waals surface area contributed by atoms with Crippen molar-refractivity contribution in [3.8, 4) is 0 Å². The molecule has 1 aromatic rings. The molecule has 0 unspecified atom stereocenters. The van der Waals surface area contributed by atoms with Crippen LogP contribution in [-0.4, -0.2) is 22.6 Å². The number of aromatic carboxylic acids is 1. The Bertz CT molecular complexity index is 391. The highest BCUT2D eigenvalue weighted by Crippen LogP contribution is 2.19. The van der Waals surface area contributed by atoms with Crippen LogP contribution in [0.15, 0.2) is 18.3 Å². The lowest BCUT2D eigenvalue weighted by atomic mass is 9.85. The van der Waals surface area contributed by atoms with Crippen LogP contribution in [0.1, 0.15) is 43.7 Å². The summed E-state index contributed by atoms with van der Waals surface area (Å²) in [5.74, 6) is 0.995. The quantitative estimate of drug-likeness (QED) is 0.795. The maximum Gasteiger partial charge on any atom is 0.337 e. The van der Waals surface area contributed by atoms with E-state index in [1.807, 2.05) is 0 Å². The van der Waals surface area contributed by atoms with Gasteiger partial charge in [-0.1, -0.05) is 27.7 Å². The second-order valence-corrected chi connectivity index (χ2v) is 5.63. The fourth-order valence-corrected chi connectivity index (χ4v) is 2.26. The van der Waals surface area contributed by atoms with Crippen molar-refractivity contribution in [3.05, 3.63) is 29.6 Å². The minimum Gasteiger partial charge on any atom is -0.478 e. The number of rotatable bonds is 7. The largest absolute Gasteiger partial charge is 0.478 e. The van der Waals surface area contributed by atoms with E-state index >= 15 is 0 Å². The highest BCUT2D eigenvalue weighted by molar-refractivity contribution is 5.87. The van der Waals surface area contributed by atoms with Crippen LogP contribution < -0.4 is 5.32 Å². The monoisotopic (exact) mass is 264 g/mol. The number of nitrogens with zero attached hydrogens (tertiary/aromatic N) is 1. The minimum atomic E-state index is -0.938. The van der Waals surface area contributed by atoms with E-state index < -0.39 is 5.97 Å². The van der Waals surface area contributed by atoms with Gasteiger partial charge < -0.3 is 10.4 Å². The maximum atomic E-state index is 10.7. The van der Waals surface area contributed by atoms with Crippen LogP contribution >= 0.6 is 0 Å². The summed E-state index contributed by atoms with van der Waals surface area (Å²) < 4.78 is 0. The first kappa shape index (κ1) is 15.6. The van der Waals surface area contributed by atoms with Crippen LogP contribution in [0.4, 0.5) is 0 Å². The Morgan fingerprint density at radius 2 is 1.89 bits per heavy atom. The van der Waals surface area contributed by atoms with Gasteiger partial charge in [0.25, 0.3) is 0 Å². The first-order valence-electron chi connectivity index (χ1n) is 6.80. The molecule has 0 bridgehead atoms. The number of carboxylic acids is 1. The van der Waals surface area contributed by atoms with E-state index in [0.29, 0.717) is 24.3 Å². The zero-order valence-corrected chi connectivity index (χ0v) is 12.2. The standard InChI is InChI=1S/C15H24N2O2/c1-10(2)14(11(3)4)9-16-8-13-6-5-12(7-17-13)15(18)19/h5-7,10-11,14,16H,8-9H2,1-4H3,(H,18,19). The topological polar surface area (TPSA) is 62.2 Å². The molecule has 106 valence electrons. The van der Waals surface area contributed by atoms with Crippen molar-refractivity contribution in [2.24, 2.45) is 17.8 Å². The molecular weight excluding hydrogens is 240 g/mol. The molecule has 19 heavy (non-hydrogen) atoms. The molecule has 0 spiro atoms. The molecule has 4 nitrogen and oxygen atoms in total. The van der Waals surface area contributed by atoms with Crippen molar-refractivity contribution >= 4 is 5.97 Å². The summed E-state index contributed by atoms with van der Waals surface area (Å²) in [6, 6.07) is 3.35. The van der Waals surface area contributed by atoms with Crippen molar-refractivity contribution in [1.29, 1.82) is 0 Å². The van der Waals surface area contributed by atoms with Gasteiger partial charge in [-0.2, -0.15) is 0 Å². The predicted octanol–water partition coefficient (Wildman–Crippen LogP) is 2.80. The van der Waals surface area contributed by atoms with E-state index in [1.165, 1.54) is 6.20 Å². The molecule has 0 amide bonds. The van der Waals surface area contributed by atoms with Gasteiger partial charge in [0.1, 0.15) is 0 Å². The average Bonchev–Trinajstić information content (AvgIpc) is 2.34. The van der Waals surface area contributed by atoms with Gasteiger partial charge in [-0.15, -0.1) is 0 Å². The summed E-state index contributed by atoms with van der Waals surface area (Å²) in [5, 5.41) is 12.2. The van der Waals surface area contributed by atoms with Crippen LogP contribution in [0, 0.1) is 17.8 Å². The van der Waals surface area contributed by atoms with Gasteiger partial charge in [-0.25, -0.2) is 4.79 Å². The maximum absolute atomic E-state index is 10.7. The van der Waals surface area contributed by atoms with Crippen molar-refractivity contribution in [1.82, 2.24) is 10.3 Å². The molecule has 0 saturated carbocycles. The van der Waals surface area contributed by atoms with Crippen LogP contribution in [0.3, 0.4) is 0 Å². The van der Waals surface area contributed by atoms with Gasteiger partial charge in [0.05, 0.1) is 11.3 Å². The minimum absolute atomic E-state index is 0.228. The van der Waals surface area contributed by atoms with E-state index in [-0.39, 0.29) is 5.56 Å². The molecule has 0 aromatic carbocycles. The summed E-state index contributed by atoms with van der Waals surface area (Å²) in [6.07, 6.45) is 1.40. The molecule has 1 heterocycles. The Hall–Kier alpha value is -1.42. The van der Waals surface area contributed by atoms with Crippen LogP contribution in [-0.2, 0) is 6.54 Å². The van der Waals surface area contributed by atoms with Crippen LogP contribution in [0.25, 0.3) is 0 Å². The molecule has 1 aromatic heterocycles. The lowest BCUT2D eigenvalue weighted by Crippen LogP contribution is -2.29. The van der Waals surface area contributed by atoms with E-state index in [0.717, 1.165) is 12.2 Å². The Kier molecular flexibility index (Phi) is 5.96. The Labute approximate surface area is 115 Å². The van der Waals surface area contributed by atoms with Gasteiger partial charge in [0.15, 0.2) is 0 Å². The summed E-state index contributed by atoms with van der Waals surface area (Å²) in [7, 11) is 0. The number of hydrogen-bond donors (Lipinski definition) is 2. The number of hydrogen-bond acceptors (Lipinski definition) is 3. The Morgan fingerprint density at radius 1 is 1.26 bits per heavy atom. The van der Waals surface area contributed by atoms with E-state index in [4.69, 9.17) is 5.11 Å². The number of nitrogens with one attached hydrogen (secondary N) is 1. The van der Waals surface area contributed by atoms with Gasteiger partial charge in [0.2, 0.25) is 0 Å². The van der Waals surface area contributed by atoms with Crippen molar-refractivity contribution in [2.75, 3.05) is 6.54 Å². The third kappa shape index (κ3) is 4.99. The van der Waals surface area contributed by atoms with Gasteiger partial charge in [0, 0.05) is 12.7 Å². The smallest absolute Gasteiger partial charge is 0.337 e. The van der Waals surface area contributed by atoms with Crippen LogP contribution in [0.2, 0.25) is 0 Å². The number of carbonyl (C=O) groups is 1. The fourth-order valence-electron chi connectivity index (χ4n) is 2.26. The SMILES string of the molecule is CC(C)C(CNCc1ccc(C(=O)O)cn1)C(C)C. The molecule has 0 aliphatic heterocycles. The third-order valence-corrected chi connectivity index (χ3v) is 3.47.